The van der Waals surface area contributed by atoms with E-state index in [0.717, 1.165) is 45.1 Å². The van der Waals surface area contributed by atoms with Gasteiger partial charge in [0.25, 0.3) is 0 Å². The molecule has 0 aromatic heterocycles. The molecule has 0 fully saturated rings. The van der Waals surface area contributed by atoms with E-state index >= 15 is 0 Å². The summed E-state index contributed by atoms with van der Waals surface area (Å²) >= 11 is 0. The van der Waals surface area contributed by atoms with Gasteiger partial charge in [0.15, 0.2) is 0 Å². The molecule has 9 nitrogen and oxygen atoms in total. The maximum Gasteiger partial charge on any atom is 0.326 e. The second-order valence-electron chi connectivity index (χ2n) is 11.4. The van der Waals surface area contributed by atoms with Gasteiger partial charge in [0.1, 0.15) is 12.1 Å². The van der Waals surface area contributed by atoms with Crippen LogP contribution in [-0.2, 0) is 19.2 Å². The van der Waals surface area contributed by atoms with Crippen molar-refractivity contribution in [3.63, 3.8) is 0 Å². The minimum atomic E-state index is -1.04. The predicted octanol–water partition coefficient (Wildman–Crippen LogP) is 6.50. The SMILES string of the molecule is CCCCCCCCCCC(=O)NC(CCSSCCC(NC(=O)CCCCCCCCCN(C)C)C(=O)O)C(=O)O. The fraction of sp³-hybridized carbons (Fsp3) is 0.871. The molecule has 0 heterocycles. The van der Waals surface area contributed by atoms with Crippen molar-refractivity contribution in [2.24, 2.45) is 0 Å². The van der Waals surface area contributed by atoms with Crippen molar-refractivity contribution in [3.8, 4) is 0 Å². The first-order valence-electron chi connectivity index (χ1n) is 16.1. The van der Waals surface area contributed by atoms with Gasteiger partial charge in [-0.1, -0.05) is 106 Å². The van der Waals surface area contributed by atoms with E-state index in [4.69, 9.17) is 0 Å². The van der Waals surface area contributed by atoms with Crippen molar-refractivity contribution in [1.82, 2.24) is 15.5 Å². The van der Waals surface area contributed by atoms with Crippen LogP contribution in [0.4, 0.5) is 0 Å². The van der Waals surface area contributed by atoms with Crippen LogP contribution in [0.3, 0.4) is 0 Å². The lowest BCUT2D eigenvalue weighted by Crippen LogP contribution is -2.41. The Morgan fingerprint density at radius 2 is 0.952 bits per heavy atom. The maximum atomic E-state index is 12.2. The lowest BCUT2D eigenvalue weighted by atomic mass is 10.1. The number of carbonyl (C=O) groups is 4. The minimum absolute atomic E-state index is 0.221. The van der Waals surface area contributed by atoms with Gasteiger partial charge in [0.05, 0.1) is 0 Å². The topological polar surface area (TPSA) is 136 Å². The third kappa shape index (κ3) is 26.2. The van der Waals surface area contributed by atoms with Crippen molar-refractivity contribution in [1.29, 1.82) is 0 Å². The highest BCUT2D eigenvalue weighted by Crippen LogP contribution is 2.24. The number of hydrogen-bond donors (Lipinski definition) is 4. The zero-order valence-electron chi connectivity index (χ0n) is 26.5. The first-order valence-corrected chi connectivity index (χ1v) is 18.6. The Morgan fingerprint density at radius 3 is 1.31 bits per heavy atom. The minimum Gasteiger partial charge on any atom is -0.480 e. The number of carboxylic acids is 2. The van der Waals surface area contributed by atoms with Gasteiger partial charge in [0.2, 0.25) is 11.8 Å². The second-order valence-corrected chi connectivity index (χ2v) is 14.1. The molecule has 11 heteroatoms. The van der Waals surface area contributed by atoms with E-state index in [9.17, 15) is 29.4 Å². The number of unbranched alkanes of at least 4 members (excludes halogenated alkanes) is 13. The van der Waals surface area contributed by atoms with E-state index < -0.39 is 24.0 Å². The normalized spacial score (nSPS) is 12.7. The van der Waals surface area contributed by atoms with Gasteiger partial charge in [-0.15, -0.1) is 0 Å². The van der Waals surface area contributed by atoms with Gasteiger partial charge < -0.3 is 25.7 Å². The summed E-state index contributed by atoms with van der Waals surface area (Å²) in [5.74, 6) is -1.51. The number of nitrogens with zero attached hydrogens (tertiary/aromatic N) is 1. The van der Waals surface area contributed by atoms with Gasteiger partial charge in [-0.25, -0.2) is 9.59 Å². The molecule has 42 heavy (non-hydrogen) atoms. The number of rotatable bonds is 30. The molecular formula is C31H59N3O6S2. The Hall–Kier alpha value is -1.46. The standard InChI is InChI=1S/C31H59N3O6S2/c1-4-5-6-7-8-10-13-16-19-28(35)32-26(30(37)38)21-24-41-42-25-22-27(31(39)40)33-29(36)20-17-14-11-9-12-15-18-23-34(2)3/h26-27H,4-25H2,1-3H3,(H,32,35)(H,33,36)(H,37,38)(H,39,40). The lowest BCUT2D eigenvalue weighted by Gasteiger charge is -2.15. The van der Waals surface area contributed by atoms with Crippen molar-refractivity contribution >= 4 is 45.3 Å². The number of amides is 2. The molecule has 0 bridgehead atoms. The van der Waals surface area contributed by atoms with Gasteiger partial charge in [-0.2, -0.15) is 0 Å². The Labute approximate surface area is 262 Å². The van der Waals surface area contributed by atoms with E-state index in [2.05, 4.69) is 36.6 Å². The predicted molar refractivity (Wildman–Crippen MR) is 176 cm³/mol. The zero-order chi connectivity index (χ0) is 31.4. The molecule has 0 rings (SSSR count). The van der Waals surface area contributed by atoms with E-state index in [0.29, 0.717) is 37.2 Å². The van der Waals surface area contributed by atoms with Gasteiger partial charge in [0, 0.05) is 24.3 Å². The average molecular weight is 634 g/mol. The summed E-state index contributed by atoms with van der Waals surface area (Å²) in [4.78, 5) is 49.8. The second kappa shape index (κ2) is 28.3. The molecule has 0 saturated carbocycles. The van der Waals surface area contributed by atoms with Crippen molar-refractivity contribution in [3.05, 3.63) is 0 Å². The van der Waals surface area contributed by atoms with Crippen LogP contribution >= 0.6 is 21.6 Å². The summed E-state index contributed by atoms with van der Waals surface area (Å²) in [7, 11) is 7.07. The van der Waals surface area contributed by atoms with Gasteiger partial charge >= 0.3 is 11.9 Å². The van der Waals surface area contributed by atoms with Crippen molar-refractivity contribution in [2.75, 3.05) is 32.1 Å². The fourth-order valence-corrected chi connectivity index (χ4v) is 6.70. The summed E-state index contributed by atoms with van der Waals surface area (Å²) in [5.41, 5.74) is 0. The molecule has 0 spiro atoms. The van der Waals surface area contributed by atoms with E-state index in [1.54, 1.807) is 0 Å². The quantitative estimate of drug-likeness (QED) is 0.0516. The maximum absolute atomic E-state index is 12.2. The summed E-state index contributed by atoms with van der Waals surface area (Å²) in [6, 6.07) is -1.85. The van der Waals surface area contributed by atoms with E-state index in [1.807, 2.05) is 0 Å². The molecule has 0 aliphatic rings. The highest BCUT2D eigenvalue weighted by molar-refractivity contribution is 8.76. The lowest BCUT2D eigenvalue weighted by molar-refractivity contribution is -0.142. The van der Waals surface area contributed by atoms with Gasteiger partial charge in [-0.3, -0.25) is 9.59 Å². The molecule has 4 N–H and O–H groups in total. The van der Waals surface area contributed by atoms with E-state index in [1.165, 1.54) is 79.4 Å². The smallest absolute Gasteiger partial charge is 0.326 e. The highest BCUT2D eigenvalue weighted by Gasteiger charge is 2.21. The fourth-order valence-electron chi connectivity index (χ4n) is 4.51. The number of carboxylic acid groups (broad SMARTS) is 2. The summed E-state index contributed by atoms with van der Waals surface area (Å²) in [6.45, 7) is 3.31. The van der Waals surface area contributed by atoms with Crippen LogP contribution in [0.25, 0.3) is 0 Å². The molecule has 246 valence electrons. The number of nitrogens with one attached hydrogen (secondary N) is 2. The third-order valence-corrected chi connectivity index (χ3v) is 9.57. The number of carbonyl (C=O) groups excluding carboxylic acids is 2. The van der Waals surface area contributed by atoms with Crippen molar-refractivity contribution < 1.29 is 29.4 Å². The van der Waals surface area contributed by atoms with Crippen LogP contribution in [0.5, 0.6) is 0 Å². The van der Waals surface area contributed by atoms with Crippen LogP contribution < -0.4 is 10.6 Å². The molecule has 0 saturated heterocycles. The van der Waals surface area contributed by atoms with Crippen LogP contribution in [0.2, 0.25) is 0 Å². The summed E-state index contributed by atoms with van der Waals surface area (Å²) in [5, 5.41) is 24.2. The Balaban J connectivity index is 3.99. The number of aliphatic carboxylic acids is 2. The molecule has 2 atom stereocenters. The molecular weight excluding hydrogens is 574 g/mol. The molecule has 0 aromatic rings. The third-order valence-electron chi connectivity index (χ3n) is 7.10. The molecule has 0 aromatic carbocycles. The van der Waals surface area contributed by atoms with Gasteiger partial charge in [-0.05, 0) is 52.7 Å². The van der Waals surface area contributed by atoms with Crippen LogP contribution in [0, 0.1) is 0 Å². The zero-order valence-corrected chi connectivity index (χ0v) is 28.1. The number of hydrogen-bond acceptors (Lipinski definition) is 7. The first-order chi connectivity index (χ1) is 20.2. The van der Waals surface area contributed by atoms with Crippen LogP contribution in [0.1, 0.15) is 129 Å². The monoisotopic (exact) mass is 633 g/mol. The molecule has 2 amide bonds. The summed E-state index contributed by atoms with van der Waals surface area (Å²) in [6.07, 6.45) is 18.0. The van der Waals surface area contributed by atoms with Crippen molar-refractivity contribution in [2.45, 2.75) is 141 Å². The molecule has 0 aliphatic heterocycles. The largest absolute Gasteiger partial charge is 0.480 e. The molecule has 0 aliphatic carbocycles. The van der Waals surface area contributed by atoms with Crippen LogP contribution in [0.15, 0.2) is 0 Å². The Morgan fingerprint density at radius 1 is 0.595 bits per heavy atom. The summed E-state index contributed by atoms with van der Waals surface area (Å²) < 4.78 is 0. The molecule has 2 unspecified atom stereocenters. The highest BCUT2D eigenvalue weighted by atomic mass is 33.1. The first kappa shape index (κ1) is 40.5. The van der Waals surface area contributed by atoms with E-state index in [-0.39, 0.29) is 11.8 Å². The Bertz CT molecular complexity index is 727. The molecule has 0 radical (unpaired) electrons. The average Bonchev–Trinajstić information content (AvgIpc) is 2.93. The van der Waals surface area contributed by atoms with Crippen LogP contribution in [-0.4, -0.2) is 83.1 Å². The Kier molecular flexibility index (Phi) is 27.3.